The van der Waals surface area contributed by atoms with Gasteiger partial charge in [-0.05, 0) is 34.4 Å². The molecule has 9 heteroatoms. The van der Waals surface area contributed by atoms with Crippen LogP contribution in [0.25, 0.3) is 11.1 Å². The molecular formula is C26H25N3O6. The first kappa shape index (κ1) is 23.9. The third-order valence-corrected chi connectivity index (χ3v) is 5.74. The summed E-state index contributed by atoms with van der Waals surface area (Å²) in [5.41, 5.74) is 5.24. The molecule has 0 aliphatic heterocycles. The summed E-state index contributed by atoms with van der Waals surface area (Å²) in [6.45, 7) is 0.0502. The minimum absolute atomic E-state index is 0.0465. The molecule has 35 heavy (non-hydrogen) atoms. The average molecular weight is 476 g/mol. The molecule has 0 saturated carbocycles. The first-order valence-electron chi connectivity index (χ1n) is 11.1. The summed E-state index contributed by atoms with van der Waals surface area (Å²) in [5.74, 6) is -1.69. The van der Waals surface area contributed by atoms with E-state index in [9.17, 15) is 19.5 Å². The Hall–Kier alpha value is -4.24. The van der Waals surface area contributed by atoms with Gasteiger partial charge in [0.25, 0.3) is 5.91 Å². The molecule has 1 aromatic heterocycles. The highest BCUT2D eigenvalue weighted by Gasteiger charge is 2.29. The molecule has 3 aromatic rings. The second kappa shape index (κ2) is 10.8. The number of hydrogen-bond donors (Lipinski definition) is 4. The number of fused-ring (bicyclic) bond motifs is 3. The second-order valence-corrected chi connectivity index (χ2v) is 8.18. The number of hydrogen-bond acceptors (Lipinski definition) is 6. The zero-order chi connectivity index (χ0) is 24.8. The van der Waals surface area contributed by atoms with Gasteiger partial charge in [0.15, 0.2) is 0 Å². The number of carboxylic acid groups (broad SMARTS) is 1. The van der Waals surface area contributed by atoms with Crippen LogP contribution in [0.3, 0.4) is 0 Å². The minimum atomic E-state index is -1.19. The first-order chi connectivity index (χ1) is 16.9. The Kier molecular flexibility index (Phi) is 7.37. The molecular weight excluding hydrogens is 450 g/mol. The monoisotopic (exact) mass is 475 g/mol. The van der Waals surface area contributed by atoms with E-state index in [1.807, 2.05) is 36.4 Å². The molecule has 1 heterocycles. The predicted octanol–water partition coefficient (Wildman–Crippen LogP) is 2.69. The van der Waals surface area contributed by atoms with Crippen molar-refractivity contribution < 1.29 is 29.3 Å². The molecule has 2 aromatic carbocycles. The zero-order valence-electron chi connectivity index (χ0n) is 18.8. The fourth-order valence-corrected chi connectivity index (χ4v) is 4.11. The number of amides is 2. The highest BCUT2D eigenvalue weighted by molar-refractivity contribution is 5.94. The Bertz CT molecular complexity index is 1200. The molecule has 0 saturated heterocycles. The van der Waals surface area contributed by atoms with Crippen LogP contribution >= 0.6 is 0 Å². The Morgan fingerprint density at radius 1 is 0.971 bits per heavy atom. The third-order valence-electron chi connectivity index (χ3n) is 5.74. The molecule has 1 unspecified atom stereocenters. The Morgan fingerprint density at radius 2 is 1.63 bits per heavy atom. The Balaban J connectivity index is 1.30. The molecule has 4 rings (SSSR count). The molecule has 0 fully saturated rings. The number of benzene rings is 2. The van der Waals surface area contributed by atoms with E-state index in [1.165, 1.54) is 18.3 Å². The van der Waals surface area contributed by atoms with Gasteiger partial charge in [-0.15, -0.1) is 0 Å². The summed E-state index contributed by atoms with van der Waals surface area (Å²) in [5, 5.41) is 23.4. The molecule has 0 radical (unpaired) electrons. The lowest BCUT2D eigenvalue weighted by Crippen LogP contribution is -2.33. The van der Waals surface area contributed by atoms with Gasteiger partial charge in [-0.25, -0.2) is 4.79 Å². The van der Waals surface area contributed by atoms with Crippen LogP contribution in [0.5, 0.6) is 0 Å². The van der Waals surface area contributed by atoms with Crippen molar-refractivity contribution in [2.75, 3.05) is 13.2 Å². The van der Waals surface area contributed by atoms with Crippen molar-refractivity contribution >= 4 is 18.0 Å². The smallest absolute Gasteiger partial charge is 0.407 e. The van der Waals surface area contributed by atoms with Crippen LogP contribution in [0.4, 0.5) is 4.79 Å². The van der Waals surface area contributed by atoms with E-state index in [1.54, 1.807) is 0 Å². The maximum Gasteiger partial charge on any atom is 0.407 e. The quantitative estimate of drug-likeness (QED) is 0.373. The van der Waals surface area contributed by atoms with E-state index >= 15 is 0 Å². The molecule has 180 valence electrons. The van der Waals surface area contributed by atoms with Gasteiger partial charge >= 0.3 is 12.1 Å². The van der Waals surface area contributed by atoms with Crippen LogP contribution < -0.4 is 10.6 Å². The number of ether oxygens (including phenoxy) is 1. The summed E-state index contributed by atoms with van der Waals surface area (Å²) in [6, 6.07) is 19.1. The van der Waals surface area contributed by atoms with Crippen LogP contribution in [0.1, 0.15) is 39.5 Å². The number of aliphatic hydroxyl groups excluding tert-OH is 1. The summed E-state index contributed by atoms with van der Waals surface area (Å²) in [4.78, 5) is 39.4. The van der Waals surface area contributed by atoms with Gasteiger partial charge in [-0.1, -0.05) is 48.5 Å². The highest BCUT2D eigenvalue weighted by Crippen LogP contribution is 2.44. The fraction of sp³-hybridized carbons (Fsp3) is 0.231. The number of nitrogens with one attached hydrogen (secondary N) is 2. The van der Waals surface area contributed by atoms with Crippen LogP contribution in [0, 0.1) is 0 Å². The van der Waals surface area contributed by atoms with Crippen molar-refractivity contribution in [3.8, 4) is 11.1 Å². The van der Waals surface area contributed by atoms with Gasteiger partial charge in [-0.3, -0.25) is 14.6 Å². The molecule has 0 spiro atoms. The minimum Gasteiger partial charge on any atom is -0.481 e. The van der Waals surface area contributed by atoms with E-state index in [0.29, 0.717) is 5.69 Å². The van der Waals surface area contributed by atoms with Crippen molar-refractivity contribution in [1.29, 1.82) is 0 Å². The molecule has 2 amide bonds. The molecule has 9 nitrogen and oxygen atoms in total. The topological polar surface area (TPSA) is 138 Å². The molecule has 1 aliphatic carbocycles. The number of rotatable bonds is 9. The Morgan fingerprint density at radius 3 is 2.29 bits per heavy atom. The van der Waals surface area contributed by atoms with Gasteiger partial charge < -0.3 is 25.6 Å². The number of nitrogens with zero attached hydrogens (tertiary/aromatic N) is 1. The maximum absolute atomic E-state index is 12.4. The lowest BCUT2D eigenvalue weighted by molar-refractivity contribution is -0.139. The van der Waals surface area contributed by atoms with Crippen molar-refractivity contribution in [2.24, 2.45) is 0 Å². The van der Waals surface area contributed by atoms with Crippen molar-refractivity contribution in [2.45, 2.75) is 25.0 Å². The van der Waals surface area contributed by atoms with E-state index in [0.717, 1.165) is 22.3 Å². The largest absolute Gasteiger partial charge is 0.481 e. The normalized spacial score (nSPS) is 12.8. The molecule has 0 bridgehead atoms. The van der Waals surface area contributed by atoms with E-state index in [4.69, 9.17) is 9.84 Å². The lowest BCUT2D eigenvalue weighted by Gasteiger charge is -2.14. The predicted molar refractivity (Wildman–Crippen MR) is 127 cm³/mol. The fourth-order valence-electron chi connectivity index (χ4n) is 4.11. The number of pyridine rings is 1. The van der Waals surface area contributed by atoms with E-state index in [2.05, 4.69) is 27.8 Å². The molecule has 1 aliphatic rings. The summed E-state index contributed by atoms with van der Waals surface area (Å²) in [6.07, 6.45) is -0.822. The summed E-state index contributed by atoms with van der Waals surface area (Å²) in [7, 11) is 0. The van der Waals surface area contributed by atoms with Crippen molar-refractivity contribution in [3.05, 3.63) is 89.2 Å². The number of carbonyl (C=O) groups excluding carboxylic acids is 2. The van der Waals surface area contributed by atoms with Crippen molar-refractivity contribution in [1.82, 2.24) is 15.6 Å². The van der Waals surface area contributed by atoms with Crippen LogP contribution in [-0.2, 0) is 16.1 Å². The number of carboxylic acids is 1. The van der Waals surface area contributed by atoms with Gasteiger partial charge in [-0.2, -0.15) is 0 Å². The highest BCUT2D eigenvalue weighted by atomic mass is 16.5. The first-order valence-corrected chi connectivity index (χ1v) is 11.1. The summed E-state index contributed by atoms with van der Waals surface area (Å²) < 4.78 is 5.50. The standard InChI is InChI=1S/C26H25N3O6/c30-18(12-24(31)32)14-28-25(33)16-9-10-27-17(11-16)13-29-26(34)35-15-23-21-7-3-1-5-19(21)20-6-2-4-8-22(20)23/h1-11,18,23,30H,12-15H2,(H,28,33)(H,29,34)(H,31,32). The van der Waals surface area contributed by atoms with E-state index < -0.39 is 30.5 Å². The zero-order valence-corrected chi connectivity index (χ0v) is 18.8. The number of aromatic nitrogens is 1. The molecule has 4 N–H and O–H groups in total. The maximum atomic E-state index is 12.4. The van der Waals surface area contributed by atoms with Gasteiger partial charge in [0.2, 0.25) is 0 Å². The van der Waals surface area contributed by atoms with Crippen LogP contribution in [-0.4, -0.2) is 52.4 Å². The van der Waals surface area contributed by atoms with Crippen LogP contribution in [0.15, 0.2) is 66.9 Å². The van der Waals surface area contributed by atoms with Gasteiger partial charge in [0, 0.05) is 24.2 Å². The van der Waals surface area contributed by atoms with Crippen LogP contribution in [0.2, 0.25) is 0 Å². The Labute approximate surface area is 201 Å². The number of aliphatic carboxylic acids is 1. The summed E-state index contributed by atoms with van der Waals surface area (Å²) >= 11 is 0. The second-order valence-electron chi connectivity index (χ2n) is 8.18. The number of carbonyl (C=O) groups is 3. The molecule has 1 atom stereocenters. The average Bonchev–Trinajstić information content (AvgIpc) is 3.18. The number of aliphatic hydroxyl groups is 1. The van der Waals surface area contributed by atoms with Crippen molar-refractivity contribution in [3.63, 3.8) is 0 Å². The van der Waals surface area contributed by atoms with Gasteiger partial charge in [0.05, 0.1) is 24.8 Å². The number of alkyl carbamates (subject to hydrolysis) is 1. The lowest BCUT2D eigenvalue weighted by atomic mass is 9.98. The SMILES string of the molecule is O=C(O)CC(O)CNC(=O)c1ccnc(CNC(=O)OCC2c3ccccc3-c3ccccc32)c1. The van der Waals surface area contributed by atoms with Gasteiger partial charge in [0.1, 0.15) is 6.61 Å². The third kappa shape index (κ3) is 5.82. The van der Waals surface area contributed by atoms with E-state index in [-0.39, 0.29) is 31.2 Å².